The molecule has 5 nitrogen and oxygen atoms in total. The molecule has 0 heterocycles. The van der Waals surface area contributed by atoms with Crippen LogP contribution >= 0.6 is 11.6 Å². The van der Waals surface area contributed by atoms with Crippen LogP contribution in [0.1, 0.15) is 10.4 Å². The topological polar surface area (TPSA) is 67.4 Å². The first kappa shape index (κ1) is 18.6. The van der Waals surface area contributed by atoms with Gasteiger partial charge in [-0.05, 0) is 18.2 Å². The van der Waals surface area contributed by atoms with Gasteiger partial charge in [0.15, 0.2) is 0 Å². The minimum Gasteiger partial charge on any atom is -0.494 e. The quantitative estimate of drug-likeness (QED) is 0.849. The Kier molecular flexibility index (Phi) is 5.53. The van der Waals surface area contributed by atoms with Gasteiger partial charge in [-0.15, -0.1) is 0 Å². The second kappa shape index (κ2) is 7.43. The maximum atomic E-state index is 12.3. The molecule has 0 bridgehead atoms. The van der Waals surface area contributed by atoms with E-state index in [-0.39, 0.29) is 22.1 Å². The molecule has 2 aromatic carbocycles. The van der Waals surface area contributed by atoms with Crippen LogP contribution in [0.3, 0.4) is 0 Å². The Labute approximate surface area is 145 Å². The monoisotopic (exact) mass is 372 g/mol. The van der Waals surface area contributed by atoms with Crippen molar-refractivity contribution in [1.29, 1.82) is 0 Å². The number of benzene rings is 2. The molecule has 0 saturated heterocycles. The third-order valence-electron chi connectivity index (χ3n) is 3.08. The summed E-state index contributed by atoms with van der Waals surface area (Å²) in [5, 5.41) is 4.00. The number of hydrogen-bond donors (Lipinski definition) is 2. The fourth-order valence-electron chi connectivity index (χ4n) is 1.89. The van der Waals surface area contributed by atoms with Gasteiger partial charge in [0.25, 0.3) is 5.91 Å². The number of anilines is 2. The lowest BCUT2D eigenvalue weighted by Gasteiger charge is -2.15. The van der Waals surface area contributed by atoms with Gasteiger partial charge in [0, 0.05) is 11.6 Å². The molecule has 0 spiro atoms. The Bertz CT molecular complexity index is 795. The molecule has 0 aliphatic carbocycles. The minimum atomic E-state index is -5.06. The molecule has 2 N–H and O–H groups in total. The number of carbonyl (C=O) groups excluding carboxylic acids is 2. The summed E-state index contributed by atoms with van der Waals surface area (Å²) in [6, 6.07) is 10.5. The van der Waals surface area contributed by atoms with Crippen molar-refractivity contribution < 1.29 is 27.5 Å². The maximum absolute atomic E-state index is 12.3. The molecule has 0 atom stereocenters. The van der Waals surface area contributed by atoms with Gasteiger partial charge in [-0.2, -0.15) is 13.2 Å². The second-order valence-electron chi connectivity index (χ2n) is 4.80. The first-order valence-electron chi connectivity index (χ1n) is 6.84. The molecule has 0 aliphatic rings. The lowest BCUT2D eigenvalue weighted by Crippen LogP contribution is -2.30. The molecule has 2 aromatic rings. The van der Waals surface area contributed by atoms with Crippen LogP contribution in [0.2, 0.25) is 5.02 Å². The average molecular weight is 373 g/mol. The number of hydrogen-bond acceptors (Lipinski definition) is 3. The summed E-state index contributed by atoms with van der Waals surface area (Å²) in [7, 11) is 1.26. The van der Waals surface area contributed by atoms with Crippen molar-refractivity contribution >= 4 is 34.8 Å². The van der Waals surface area contributed by atoms with Gasteiger partial charge >= 0.3 is 12.1 Å². The highest BCUT2D eigenvalue weighted by Crippen LogP contribution is 2.35. The number of amides is 2. The van der Waals surface area contributed by atoms with E-state index in [1.165, 1.54) is 13.2 Å². The summed E-state index contributed by atoms with van der Waals surface area (Å²) in [6.07, 6.45) is -5.06. The molecule has 0 radical (unpaired) electrons. The molecule has 0 fully saturated rings. The van der Waals surface area contributed by atoms with Crippen LogP contribution in [0.4, 0.5) is 24.5 Å². The third-order valence-corrected chi connectivity index (χ3v) is 3.39. The Hall–Kier alpha value is -2.74. The van der Waals surface area contributed by atoms with Crippen LogP contribution in [0, 0.1) is 0 Å². The Morgan fingerprint density at radius 2 is 1.68 bits per heavy atom. The molecule has 132 valence electrons. The van der Waals surface area contributed by atoms with Crippen molar-refractivity contribution in [2.45, 2.75) is 6.18 Å². The number of nitrogens with one attached hydrogen (secondary N) is 2. The normalized spacial score (nSPS) is 10.9. The van der Waals surface area contributed by atoms with Gasteiger partial charge < -0.3 is 15.4 Å². The SMILES string of the molecule is COc1cc(NC(=O)C(F)(F)F)c(Cl)cc1NC(=O)c1ccccc1. The van der Waals surface area contributed by atoms with Crippen molar-refractivity contribution in [2.24, 2.45) is 0 Å². The highest BCUT2D eigenvalue weighted by atomic mass is 35.5. The van der Waals surface area contributed by atoms with Crippen LogP contribution < -0.4 is 15.4 Å². The lowest BCUT2D eigenvalue weighted by atomic mass is 10.2. The number of alkyl halides is 3. The fourth-order valence-corrected chi connectivity index (χ4v) is 2.10. The number of methoxy groups -OCH3 is 1. The van der Waals surface area contributed by atoms with E-state index in [1.807, 2.05) is 0 Å². The zero-order chi connectivity index (χ0) is 18.6. The van der Waals surface area contributed by atoms with Crippen LogP contribution in [-0.2, 0) is 4.79 Å². The van der Waals surface area contributed by atoms with E-state index in [4.69, 9.17) is 16.3 Å². The van der Waals surface area contributed by atoms with Crippen molar-refractivity contribution in [3.05, 3.63) is 53.1 Å². The zero-order valence-electron chi connectivity index (χ0n) is 12.8. The molecule has 2 amide bonds. The molecule has 2 rings (SSSR count). The standard InChI is InChI=1S/C16H12ClF3N2O3/c1-25-13-8-11(22-15(24)16(18,19)20)10(17)7-12(13)21-14(23)9-5-3-2-4-6-9/h2-8H,1H3,(H,21,23)(H,22,24). The molecule has 0 saturated carbocycles. The molecular formula is C16H12ClF3N2O3. The predicted molar refractivity (Wildman–Crippen MR) is 87.1 cm³/mol. The third kappa shape index (κ3) is 4.63. The van der Waals surface area contributed by atoms with E-state index < -0.39 is 18.0 Å². The number of halogens is 4. The molecule has 0 aliphatic heterocycles. The van der Waals surface area contributed by atoms with Crippen LogP contribution in [0.25, 0.3) is 0 Å². The minimum absolute atomic E-state index is 0.0335. The maximum Gasteiger partial charge on any atom is 0.471 e. The molecule has 25 heavy (non-hydrogen) atoms. The Balaban J connectivity index is 2.27. The summed E-state index contributed by atoms with van der Waals surface area (Å²) in [5.74, 6) is -2.59. The van der Waals surface area contributed by atoms with Crippen molar-refractivity contribution in [3.63, 3.8) is 0 Å². The molecule has 9 heteroatoms. The Morgan fingerprint density at radius 3 is 2.24 bits per heavy atom. The molecular weight excluding hydrogens is 361 g/mol. The summed E-state index contributed by atoms with van der Waals surface area (Å²) in [4.78, 5) is 23.2. The lowest BCUT2D eigenvalue weighted by molar-refractivity contribution is -0.167. The van der Waals surface area contributed by atoms with Gasteiger partial charge in [0.05, 0.1) is 23.5 Å². The van der Waals surface area contributed by atoms with E-state index in [1.54, 1.807) is 35.6 Å². The Morgan fingerprint density at radius 1 is 1.04 bits per heavy atom. The van der Waals surface area contributed by atoms with Gasteiger partial charge in [-0.3, -0.25) is 9.59 Å². The van der Waals surface area contributed by atoms with E-state index in [9.17, 15) is 22.8 Å². The van der Waals surface area contributed by atoms with Gasteiger partial charge in [0.2, 0.25) is 0 Å². The highest BCUT2D eigenvalue weighted by molar-refractivity contribution is 6.34. The highest BCUT2D eigenvalue weighted by Gasteiger charge is 2.39. The van der Waals surface area contributed by atoms with Gasteiger partial charge in [-0.1, -0.05) is 29.8 Å². The van der Waals surface area contributed by atoms with E-state index in [0.717, 1.165) is 6.07 Å². The number of rotatable bonds is 4. The van der Waals surface area contributed by atoms with Crippen LogP contribution in [-0.4, -0.2) is 25.1 Å². The summed E-state index contributed by atoms with van der Waals surface area (Å²) < 4.78 is 42.1. The smallest absolute Gasteiger partial charge is 0.471 e. The molecule has 0 unspecified atom stereocenters. The molecule has 0 aromatic heterocycles. The van der Waals surface area contributed by atoms with Crippen molar-refractivity contribution in [1.82, 2.24) is 0 Å². The van der Waals surface area contributed by atoms with E-state index in [2.05, 4.69) is 5.32 Å². The average Bonchev–Trinajstić information content (AvgIpc) is 2.57. The first-order chi connectivity index (χ1) is 11.7. The second-order valence-corrected chi connectivity index (χ2v) is 5.21. The predicted octanol–water partition coefficient (Wildman–Crippen LogP) is 4.10. The van der Waals surface area contributed by atoms with E-state index >= 15 is 0 Å². The van der Waals surface area contributed by atoms with E-state index in [0.29, 0.717) is 5.56 Å². The van der Waals surface area contributed by atoms with Crippen molar-refractivity contribution in [3.8, 4) is 5.75 Å². The van der Waals surface area contributed by atoms with Crippen LogP contribution in [0.15, 0.2) is 42.5 Å². The van der Waals surface area contributed by atoms with Crippen LogP contribution in [0.5, 0.6) is 5.75 Å². The summed E-state index contributed by atoms with van der Waals surface area (Å²) >= 11 is 5.89. The van der Waals surface area contributed by atoms with Gasteiger partial charge in [0.1, 0.15) is 5.75 Å². The largest absolute Gasteiger partial charge is 0.494 e. The summed E-state index contributed by atoms with van der Waals surface area (Å²) in [5.41, 5.74) is 0.222. The first-order valence-corrected chi connectivity index (χ1v) is 7.22. The zero-order valence-corrected chi connectivity index (χ0v) is 13.5. The fraction of sp³-hybridized carbons (Fsp3) is 0.125. The van der Waals surface area contributed by atoms with Gasteiger partial charge in [-0.25, -0.2) is 0 Å². The summed E-state index contributed by atoms with van der Waals surface area (Å²) in [6.45, 7) is 0. The number of carbonyl (C=O) groups is 2. The number of ether oxygens (including phenoxy) is 1. The van der Waals surface area contributed by atoms with Crippen molar-refractivity contribution in [2.75, 3.05) is 17.7 Å².